The van der Waals surface area contributed by atoms with E-state index >= 15 is 0 Å². The third kappa shape index (κ3) is 4.31. The molecule has 0 bridgehead atoms. The number of nitro groups is 1. The van der Waals surface area contributed by atoms with Crippen molar-refractivity contribution in [1.82, 2.24) is 19.9 Å². The summed E-state index contributed by atoms with van der Waals surface area (Å²) in [5.41, 5.74) is 1.60. The number of rotatable bonds is 6. The monoisotopic (exact) mass is 346 g/mol. The summed E-state index contributed by atoms with van der Waals surface area (Å²) in [7, 11) is 1.69. The predicted molar refractivity (Wildman–Crippen MR) is 92.2 cm³/mol. The first-order chi connectivity index (χ1) is 12.0. The summed E-state index contributed by atoms with van der Waals surface area (Å²) in [6.07, 6.45) is 0. The fraction of sp³-hybridized carbons (Fsp3) is 0.500. The van der Waals surface area contributed by atoms with Gasteiger partial charge in [-0.25, -0.2) is 0 Å². The van der Waals surface area contributed by atoms with Crippen LogP contribution in [0.2, 0.25) is 0 Å². The zero-order valence-electron chi connectivity index (χ0n) is 14.4. The fourth-order valence-electron chi connectivity index (χ4n) is 3.01. The molecule has 134 valence electrons. The molecule has 9 nitrogen and oxygen atoms in total. The van der Waals surface area contributed by atoms with E-state index in [0.29, 0.717) is 30.5 Å². The second-order valence-corrected chi connectivity index (χ2v) is 6.14. The van der Waals surface area contributed by atoms with Crippen molar-refractivity contribution >= 4 is 11.4 Å². The Morgan fingerprint density at radius 1 is 1.24 bits per heavy atom. The normalized spacial score (nSPS) is 16.1. The Balaban J connectivity index is 1.55. The SMILES string of the molecule is CNc1ccc(CN2CCN(Cc3noc(C)n3)CC2)cc1[N+](=O)[O-]. The maximum atomic E-state index is 11.2. The molecule has 3 rings (SSSR count). The molecule has 2 aromatic rings. The number of nitro benzene ring substituents is 1. The zero-order valence-corrected chi connectivity index (χ0v) is 14.4. The fourth-order valence-corrected chi connectivity index (χ4v) is 3.01. The number of nitrogens with zero attached hydrogens (tertiary/aromatic N) is 5. The van der Waals surface area contributed by atoms with Gasteiger partial charge in [-0.3, -0.25) is 19.9 Å². The minimum Gasteiger partial charge on any atom is -0.383 e. The average Bonchev–Trinajstić information content (AvgIpc) is 3.01. The number of anilines is 1. The van der Waals surface area contributed by atoms with Crippen molar-refractivity contribution in [2.24, 2.45) is 0 Å². The highest BCUT2D eigenvalue weighted by atomic mass is 16.6. The molecule has 1 aliphatic heterocycles. The molecule has 1 aromatic carbocycles. The van der Waals surface area contributed by atoms with Crippen LogP contribution in [-0.4, -0.2) is 58.1 Å². The highest BCUT2D eigenvalue weighted by molar-refractivity contribution is 5.62. The van der Waals surface area contributed by atoms with Gasteiger partial charge in [0.15, 0.2) is 5.82 Å². The van der Waals surface area contributed by atoms with E-state index in [0.717, 1.165) is 31.7 Å². The van der Waals surface area contributed by atoms with E-state index in [1.54, 1.807) is 26.1 Å². The van der Waals surface area contributed by atoms with Gasteiger partial charge >= 0.3 is 0 Å². The van der Waals surface area contributed by atoms with Crippen LogP contribution in [0.25, 0.3) is 0 Å². The Bertz CT molecular complexity index is 739. The molecular weight excluding hydrogens is 324 g/mol. The van der Waals surface area contributed by atoms with Crippen LogP contribution in [0.15, 0.2) is 22.7 Å². The molecule has 9 heteroatoms. The summed E-state index contributed by atoms with van der Waals surface area (Å²) in [4.78, 5) is 19.6. The van der Waals surface area contributed by atoms with Crippen molar-refractivity contribution < 1.29 is 9.45 Å². The number of nitrogens with one attached hydrogen (secondary N) is 1. The van der Waals surface area contributed by atoms with Gasteiger partial charge in [0.1, 0.15) is 5.69 Å². The Morgan fingerprint density at radius 2 is 1.92 bits per heavy atom. The first-order valence-corrected chi connectivity index (χ1v) is 8.24. The predicted octanol–water partition coefficient (Wildman–Crippen LogP) is 1.65. The summed E-state index contributed by atoms with van der Waals surface area (Å²) in [6, 6.07) is 5.36. The molecular formula is C16H22N6O3. The molecule has 0 unspecified atom stereocenters. The topological polar surface area (TPSA) is 101 Å². The van der Waals surface area contributed by atoms with Crippen molar-refractivity contribution in [2.45, 2.75) is 20.0 Å². The van der Waals surface area contributed by atoms with Gasteiger partial charge in [0.05, 0.1) is 11.5 Å². The van der Waals surface area contributed by atoms with Gasteiger partial charge in [-0.2, -0.15) is 4.98 Å². The first kappa shape index (κ1) is 17.3. The van der Waals surface area contributed by atoms with Crippen LogP contribution >= 0.6 is 0 Å². The molecule has 1 fully saturated rings. The summed E-state index contributed by atoms with van der Waals surface area (Å²) in [5.74, 6) is 1.30. The van der Waals surface area contributed by atoms with Crippen LogP contribution in [0.5, 0.6) is 0 Å². The van der Waals surface area contributed by atoms with Gasteiger partial charge in [0.25, 0.3) is 5.69 Å². The summed E-state index contributed by atoms with van der Waals surface area (Å²) >= 11 is 0. The first-order valence-electron chi connectivity index (χ1n) is 8.24. The summed E-state index contributed by atoms with van der Waals surface area (Å²) in [5, 5.41) is 18.0. The Kier molecular flexibility index (Phi) is 5.25. The molecule has 1 aliphatic rings. The van der Waals surface area contributed by atoms with E-state index in [4.69, 9.17) is 4.52 Å². The van der Waals surface area contributed by atoms with Crippen molar-refractivity contribution in [3.63, 3.8) is 0 Å². The molecule has 1 saturated heterocycles. The highest BCUT2D eigenvalue weighted by Crippen LogP contribution is 2.25. The molecule has 25 heavy (non-hydrogen) atoms. The van der Waals surface area contributed by atoms with Crippen molar-refractivity contribution in [1.29, 1.82) is 0 Å². The lowest BCUT2D eigenvalue weighted by Crippen LogP contribution is -2.45. The number of piperazine rings is 1. The third-order valence-electron chi connectivity index (χ3n) is 4.33. The number of hydrogen-bond acceptors (Lipinski definition) is 8. The summed E-state index contributed by atoms with van der Waals surface area (Å²) in [6.45, 7) is 6.80. The number of aryl methyl sites for hydroxylation is 1. The smallest absolute Gasteiger partial charge is 0.292 e. The lowest BCUT2D eigenvalue weighted by molar-refractivity contribution is -0.384. The van der Waals surface area contributed by atoms with Crippen molar-refractivity contribution in [3.05, 3.63) is 45.6 Å². The van der Waals surface area contributed by atoms with E-state index in [9.17, 15) is 10.1 Å². The lowest BCUT2D eigenvalue weighted by atomic mass is 10.1. The second-order valence-electron chi connectivity index (χ2n) is 6.14. The highest BCUT2D eigenvalue weighted by Gasteiger charge is 2.20. The number of benzene rings is 1. The van der Waals surface area contributed by atoms with Gasteiger partial charge in [0.2, 0.25) is 5.89 Å². The Labute approximate surface area is 145 Å². The molecule has 1 aromatic heterocycles. The Hall–Kier alpha value is -2.52. The van der Waals surface area contributed by atoms with E-state index < -0.39 is 0 Å². The maximum absolute atomic E-state index is 11.2. The second kappa shape index (κ2) is 7.58. The molecule has 2 heterocycles. The number of hydrogen-bond donors (Lipinski definition) is 1. The summed E-state index contributed by atoms with van der Waals surface area (Å²) < 4.78 is 5.00. The van der Waals surface area contributed by atoms with E-state index in [-0.39, 0.29) is 10.6 Å². The minimum atomic E-state index is -0.347. The lowest BCUT2D eigenvalue weighted by Gasteiger charge is -2.34. The van der Waals surface area contributed by atoms with E-state index in [1.807, 2.05) is 6.07 Å². The Morgan fingerprint density at radius 3 is 2.48 bits per heavy atom. The van der Waals surface area contributed by atoms with Crippen LogP contribution < -0.4 is 5.32 Å². The van der Waals surface area contributed by atoms with E-state index in [1.165, 1.54) is 0 Å². The van der Waals surface area contributed by atoms with Crippen molar-refractivity contribution in [3.8, 4) is 0 Å². The average molecular weight is 346 g/mol. The standard InChI is InChI=1S/C16H22N6O3/c1-12-18-16(19-25-12)11-21-7-5-20(6-8-21)10-13-3-4-14(17-2)15(9-13)22(23)24/h3-4,9,17H,5-8,10-11H2,1-2H3. The molecule has 0 radical (unpaired) electrons. The molecule has 0 saturated carbocycles. The molecule has 0 amide bonds. The third-order valence-corrected chi connectivity index (χ3v) is 4.33. The van der Waals surface area contributed by atoms with Gasteiger partial charge in [-0.15, -0.1) is 0 Å². The van der Waals surface area contributed by atoms with Gasteiger partial charge in [-0.05, 0) is 11.6 Å². The minimum absolute atomic E-state index is 0.117. The number of aromatic nitrogens is 2. The molecule has 0 spiro atoms. The van der Waals surface area contributed by atoms with Gasteiger partial charge in [-0.1, -0.05) is 11.2 Å². The maximum Gasteiger partial charge on any atom is 0.292 e. The molecule has 0 aliphatic carbocycles. The van der Waals surface area contributed by atoms with Gasteiger partial charge in [0, 0.05) is 52.8 Å². The van der Waals surface area contributed by atoms with Crippen LogP contribution in [-0.2, 0) is 13.1 Å². The van der Waals surface area contributed by atoms with Gasteiger partial charge < -0.3 is 9.84 Å². The van der Waals surface area contributed by atoms with Crippen LogP contribution in [0.4, 0.5) is 11.4 Å². The largest absolute Gasteiger partial charge is 0.383 e. The molecule has 0 atom stereocenters. The van der Waals surface area contributed by atoms with Crippen LogP contribution in [0.1, 0.15) is 17.3 Å². The van der Waals surface area contributed by atoms with Crippen molar-refractivity contribution in [2.75, 3.05) is 38.5 Å². The van der Waals surface area contributed by atoms with Crippen LogP contribution in [0.3, 0.4) is 0 Å². The van der Waals surface area contributed by atoms with E-state index in [2.05, 4.69) is 25.3 Å². The quantitative estimate of drug-likeness (QED) is 0.622. The molecule has 1 N–H and O–H groups in total. The van der Waals surface area contributed by atoms with Crippen LogP contribution in [0, 0.1) is 17.0 Å². The zero-order chi connectivity index (χ0) is 17.8.